The molecule has 260 valence electrons. The third-order valence-corrected chi connectivity index (χ3v) is 11.0. The van der Waals surface area contributed by atoms with E-state index < -0.39 is 17.1 Å². The van der Waals surface area contributed by atoms with E-state index in [1.807, 2.05) is 126 Å². The minimum Gasteiger partial charge on any atom is -0.321 e. The Kier molecular flexibility index (Phi) is 11.3. The highest BCUT2D eigenvalue weighted by molar-refractivity contribution is 8.00. The first-order valence-electron chi connectivity index (χ1n) is 16.7. The van der Waals surface area contributed by atoms with Crippen LogP contribution in [0.25, 0.3) is 27.8 Å². The number of hydrogen-bond donors (Lipinski definition) is 3. The van der Waals surface area contributed by atoms with Crippen molar-refractivity contribution in [1.82, 2.24) is 10.3 Å². The maximum Gasteiger partial charge on any atom is 0.272 e. The van der Waals surface area contributed by atoms with Crippen LogP contribution in [0.15, 0.2) is 173 Å². The van der Waals surface area contributed by atoms with Gasteiger partial charge in [0.1, 0.15) is 10.9 Å². The largest absolute Gasteiger partial charge is 0.321 e. The van der Waals surface area contributed by atoms with Gasteiger partial charge in [-0.25, -0.2) is 4.98 Å². The van der Waals surface area contributed by atoms with Crippen LogP contribution in [0.4, 0.5) is 10.8 Å². The molecule has 0 spiro atoms. The van der Waals surface area contributed by atoms with Gasteiger partial charge in [0, 0.05) is 21.5 Å². The molecule has 5 aromatic carbocycles. The van der Waals surface area contributed by atoms with Crippen molar-refractivity contribution in [1.29, 1.82) is 0 Å². The maximum absolute atomic E-state index is 13.7. The van der Waals surface area contributed by atoms with E-state index in [0.29, 0.717) is 16.4 Å². The van der Waals surface area contributed by atoms with E-state index in [9.17, 15) is 14.4 Å². The van der Waals surface area contributed by atoms with E-state index in [4.69, 9.17) is 0 Å². The lowest BCUT2D eigenvalue weighted by Gasteiger charge is -2.17. The van der Waals surface area contributed by atoms with E-state index in [2.05, 4.69) is 20.9 Å². The molecular weight excluding hydrogens is 717 g/mol. The molecule has 0 aliphatic rings. The summed E-state index contributed by atoms with van der Waals surface area (Å²) in [6.45, 7) is 0. The highest BCUT2D eigenvalue weighted by atomic mass is 32.2. The van der Waals surface area contributed by atoms with Gasteiger partial charge in [0.05, 0.1) is 10.6 Å². The van der Waals surface area contributed by atoms with Crippen LogP contribution in [0.2, 0.25) is 0 Å². The lowest BCUT2D eigenvalue weighted by molar-refractivity contribution is -0.116. The average Bonchev–Trinajstić information content (AvgIpc) is 3.92. The second-order valence-corrected chi connectivity index (χ2v) is 14.7. The number of nitrogens with zero attached hydrogens (tertiary/aromatic N) is 1. The molecule has 53 heavy (non-hydrogen) atoms. The summed E-state index contributed by atoms with van der Waals surface area (Å²) in [6, 6.07) is 47.4. The van der Waals surface area contributed by atoms with E-state index in [1.165, 1.54) is 23.1 Å². The minimum atomic E-state index is -0.554. The van der Waals surface area contributed by atoms with Gasteiger partial charge in [-0.05, 0) is 76.2 Å². The Labute approximate surface area is 319 Å². The average molecular weight is 749 g/mol. The number of benzene rings is 5. The molecule has 7 aromatic rings. The van der Waals surface area contributed by atoms with Crippen molar-refractivity contribution in [3.8, 4) is 21.7 Å². The molecule has 0 fully saturated rings. The first-order valence-corrected chi connectivity index (χ1v) is 19.3. The molecule has 2 heterocycles. The van der Waals surface area contributed by atoms with Crippen molar-refractivity contribution in [2.75, 3.05) is 10.6 Å². The van der Waals surface area contributed by atoms with Crippen LogP contribution >= 0.6 is 34.4 Å². The smallest absolute Gasteiger partial charge is 0.272 e. The minimum absolute atomic E-state index is 0.0926. The fourth-order valence-corrected chi connectivity index (χ4v) is 7.90. The number of thioether (sulfide) groups is 1. The Morgan fingerprint density at radius 2 is 1.32 bits per heavy atom. The second-order valence-electron chi connectivity index (χ2n) is 11.8. The number of thiophene rings is 1. The summed E-state index contributed by atoms with van der Waals surface area (Å²) in [7, 11) is 0. The molecule has 2 aromatic heterocycles. The van der Waals surface area contributed by atoms with Gasteiger partial charge in [0.2, 0.25) is 5.91 Å². The normalized spacial score (nSPS) is 11.7. The van der Waals surface area contributed by atoms with Crippen LogP contribution in [0.3, 0.4) is 0 Å². The van der Waals surface area contributed by atoms with Gasteiger partial charge in [-0.1, -0.05) is 109 Å². The Bertz CT molecular complexity index is 2330. The zero-order chi connectivity index (χ0) is 36.4. The Morgan fingerprint density at radius 1 is 0.660 bits per heavy atom. The van der Waals surface area contributed by atoms with Crippen LogP contribution in [-0.4, -0.2) is 22.7 Å². The molecule has 0 aliphatic heterocycles. The van der Waals surface area contributed by atoms with Gasteiger partial charge in [-0.3, -0.25) is 14.4 Å². The van der Waals surface area contributed by atoms with Crippen molar-refractivity contribution in [3.05, 3.63) is 185 Å². The van der Waals surface area contributed by atoms with Crippen molar-refractivity contribution in [2.45, 2.75) is 10.1 Å². The summed E-state index contributed by atoms with van der Waals surface area (Å²) in [5.41, 5.74) is 5.61. The summed E-state index contributed by atoms with van der Waals surface area (Å²) >= 11 is 4.39. The first kappa shape index (κ1) is 35.3. The van der Waals surface area contributed by atoms with E-state index in [-0.39, 0.29) is 11.6 Å². The lowest BCUT2D eigenvalue weighted by Crippen LogP contribution is -2.30. The number of nitrogens with one attached hydrogen (secondary N) is 3. The van der Waals surface area contributed by atoms with Crippen LogP contribution in [0.1, 0.15) is 26.7 Å². The molecule has 0 aliphatic carbocycles. The number of aromatic nitrogens is 1. The maximum atomic E-state index is 13.7. The van der Waals surface area contributed by atoms with Gasteiger partial charge < -0.3 is 16.0 Å². The topological polar surface area (TPSA) is 100 Å². The van der Waals surface area contributed by atoms with Crippen molar-refractivity contribution >= 4 is 69.1 Å². The molecule has 0 saturated heterocycles. The SMILES string of the molecule is O=C(Nc1ccc(SC(C(=O)Nc2nc(-c3cccs3)cs2)c2ccccc2)cc1)/C(=C/c1ccc(-c2ccccc2)cc1)NC(=O)c1ccccc1. The number of thiazole rings is 1. The summed E-state index contributed by atoms with van der Waals surface area (Å²) in [4.78, 5) is 47.0. The highest BCUT2D eigenvalue weighted by Crippen LogP contribution is 2.37. The van der Waals surface area contributed by atoms with Gasteiger partial charge in [-0.15, -0.1) is 34.4 Å². The predicted molar refractivity (Wildman–Crippen MR) is 218 cm³/mol. The van der Waals surface area contributed by atoms with Crippen molar-refractivity contribution in [2.24, 2.45) is 0 Å². The summed E-state index contributed by atoms with van der Waals surface area (Å²) in [6.07, 6.45) is 1.66. The van der Waals surface area contributed by atoms with Crippen molar-refractivity contribution < 1.29 is 14.4 Å². The van der Waals surface area contributed by atoms with Gasteiger partial charge >= 0.3 is 0 Å². The summed E-state index contributed by atoms with van der Waals surface area (Å²) in [5, 5.41) is 12.6. The number of carbonyl (C=O) groups is 3. The fourth-order valence-electron chi connectivity index (χ4n) is 5.40. The summed E-state index contributed by atoms with van der Waals surface area (Å²) in [5.74, 6) is -1.06. The quantitative estimate of drug-likeness (QED) is 0.0853. The number of rotatable bonds is 12. The van der Waals surface area contributed by atoms with Crippen LogP contribution in [0, 0.1) is 0 Å². The zero-order valence-corrected chi connectivity index (χ0v) is 30.6. The Hall–Kier alpha value is -6.07. The fraction of sp³-hybridized carbons (Fsp3) is 0.0233. The Balaban J connectivity index is 1.07. The molecule has 7 nitrogen and oxygen atoms in total. The molecule has 7 rings (SSSR count). The molecule has 1 unspecified atom stereocenters. The van der Waals surface area contributed by atoms with Crippen molar-refractivity contribution in [3.63, 3.8) is 0 Å². The third kappa shape index (κ3) is 9.24. The zero-order valence-electron chi connectivity index (χ0n) is 28.1. The molecule has 0 saturated carbocycles. The molecule has 3 N–H and O–H groups in total. The summed E-state index contributed by atoms with van der Waals surface area (Å²) < 4.78 is 0. The van der Waals surface area contributed by atoms with Gasteiger partial charge in [-0.2, -0.15) is 0 Å². The molecule has 0 radical (unpaired) electrons. The van der Waals surface area contributed by atoms with E-state index in [1.54, 1.807) is 53.8 Å². The van der Waals surface area contributed by atoms with E-state index in [0.717, 1.165) is 37.7 Å². The molecule has 3 amide bonds. The van der Waals surface area contributed by atoms with Crippen LogP contribution < -0.4 is 16.0 Å². The first-order chi connectivity index (χ1) is 26.0. The highest BCUT2D eigenvalue weighted by Gasteiger charge is 2.24. The molecule has 10 heteroatoms. The Morgan fingerprint density at radius 3 is 2.00 bits per heavy atom. The van der Waals surface area contributed by atoms with Gasteiger partial charge in [0.15, 0.2) is 5.13 Å². The number of hydrogen-bond acceptors (Lipinski definition) is 7. The monoisotopic (exact) mass is 748 g/mol. The van der Waals surface area contributed by atoms with Gasteiger partial charge in [0.25, 0.3) is 11.8 Å². The van der Waals surface area contributed by atoms with Crippen LogP contribution in [-0.2, 0) is 9.59 Å². The lowest BCUT2D eigenvalue weighted by atomic mass is 10.0. The van der Waals surface area contributed by atoms with Crippen LogP contribution in [0.5, 0.6) is 0 Å². The molecular formula is C43H32N4O3S3. The third-order valence-electron chi connectivity index (χ3n) is 8.07. The molecule has 0 bridgehead atoms. The number of amides is 3. The number of carbonyl (C=O) groups excluding carboxylic acids is 3. The molecule has 1 atom stereocenters. The second kappa shape index (κ2) is 17.0. The standard InChI is InChI=1S/C43H32N4O3S3/c48-40(33-15-8-3-9-16-33)45-36(27-29-18-20-31(21-19-29)30-11-4-1-5-12-30)41(49)44-34-22-24-35(25-23-34)53-39(32-13-6-2-7-14-32)42(50)47-43-46-37(28-52-43)38-17-10-26-51-38/h1-28,39H,(H,44,49)(H,45,48)(H,46,47,50)/b36-27-. The van der Waals surface area contributed by atoms with E-state index >= 15 is 0 Å². The number of anilines is 2. The predicted octanol–water partition coefficient (Wildman–Crippen LogP) is 10.4.